The van der Waals surface area contributed by atoms with Crippen LogP contribution < -0.4 is 5.32 Å². The number of nitrogens with one attached hydrogen (secondary N) is 1. The SMILES string of the molecule is CCCCCCCCCCCCCC/C=C\CCCCCCCCC(O)C(=O)NC(CS(=O)(=O)O)C(O)CCCCCCCCCCCCCCCC. The number of aliphatic hydroxyl groups excluding tert-OH is 2. The van der Waals surface area contributed by atoms with Crippen molar-refractivity contribution in [1.29, 1.82) is 0 Å². The second kappa shape index (κ2) is 39.3. The molecule has 0 heterocycles. The molecule has 53 heavy (non-hydrogen) atoms. The fourth-order valence-electron chi connectivity index (χ4n) is 7.28. The van der Waals surface area contributed by atoms with Gasteiger partial charge in [0.1, 0.15) is 6.10 Å². The van der Waals surface area contributed by atoms with E-state index >= 15 is 0 Å². The molecule has 0 radical (unpaired) electrons. The molecule has 3 atom stereocenters. The average Bonchev–Trinajstić information content (AvgIpc) is 3.12. The third kappa shape index (κ3) is 39.1. The van der Waals surface area contributed by atoms with Crippen LogP contribution in [-0.2, 0) is 14.9 Å². The Morgan fingerprint density at radius 1 is 0.491 bits per heavy atom. The van der Waals surface area contributed by atoms with Crippen LogP contribution in [0.4, 0.5) is 0 Å². The van der Waals surface area contributed by atoms with E-state index in [0.717, 1.165) is 51.4 Å². The summed E-state index contributed by atoms with van der Waals surface area (Å²) in [5.41, 5.74) is 0. The van der Waals surface area contributed by atoms with Gasteiger partial charge in [0.25, 0.3) is 10.1 Å². The molecule has 316 valence electrons. The summed E-state index contributed by atoms with van der Waals surface area (Å²) in [7, 11) is -4.41. The summed E-state index contributed by atoms with van der Waals surface area (Å²) < 4.78 is 32.6. The lowest BCUT2D eigenvalue weighted by Crippen LogP contribution is -2.50. The largest absolute Gasteiger partial charge is 0.391 e. The minimum Gasteiger partial charge on any atom is -0.391 e. The Kier molecular flexibility index (Phi) is 38.6. The highest BCUT2D eigenvalue weighted by Gasteiger charge is 2.28. The van der Waals surface area contributed by atoms with Crippen molar-refractivity contribution in [2.45, 2.75) is 263 Å². The number of amides is 1. The lowest BCUT2D eigenvalue weighted by molar-refractivity contribution is -0.131. The maximum Gasteiger partial charge on any atom is 0.266 e. The first-order chi connectivity index (χ1) is 25.7. The lowest BCUT2D eigenvalue weighted by atomic mass is 10.0. The molecule has 7 nitrogen and oxygen atoms in total. The van der Waals surface area contributed by atoms with Gasteiger partial charge in [0, 0.05) is 0 Å². The van der Waals surface area contributed by atoms with Gasteiger partial charge in [-0.3, -0.25) is 9.35 Å². The topological polar surface area (TPSA) is 124 Å². The third-order valence-electron chi connectivity index (χ3n) is 10.8. The Bertz CT molecular complexity index is 911. The van der Waals surface area contributed by atoms with Gasteiger partial charge in [0.05, 0.1) is 17.9 Å². The molecule has 0 spiro atoms. The minimum atomic E-state index is -4.41. The molecule has 1 amide bonds. The molecule has 0 saturated carbocycles. The lowest BCUT2D eigenvalue weighted by Gasteiger charge is -2.24. The first-order valence-electron chi connectivity index (χ1n) is 23.0. The van der Waals surface area contributed by atoms with Crippen molar-refractivity contribution < 1.29 is 28.0 Å². The monoisotopic (exact) mass is 772 g/mol. The van der Waals surface area contributed by atoms with Gasteiger partial charge in [-0.25, -0.2) is 0 Å². The summed E-state index contributed by atoms with van der Waals surface area (Å²) in [5, 5.41) is 23.6. The van der Waals surface area contributed by atoms with E-state index in [1.54, 1.807) is 0 Å². The Morgan fingerprint density at radius 2 is 0.792 bits per heavy atom. The van der Waals surface area contributed by atoms with Crippen molar-refractivity contribution in [3.8, 4) is 0 Å². The van der Waals surface area contributed by atoms with Crippen LogP contribution in [-0.4, -0.2) is 53.1 Å². The van der Waals surface area contributed by atoms with Crippen LogP contribution in [0, 0.1) is 0 Å². The van der Waals surface area contributed by atoms with Gasteiger partial charge in [0.15, 0.2) is 0 Å². The molecule has 8 heteroatoms. The van der Waals surface area contributed by atoms with E-state index in [4.69, 9.17) is 0 Å². The standard InChI is InChI=1S/C45H89NO6S/c1-3-5-7-9-11-13-15-17-19-20-21-22-23-24-25-26-28-30-32-34-36-38-40-44(48)45(49)46-42(41-53(50,51)52)43(47)39-37-35-33-31-29-27-18-16-14-12-10-8-6-4-2/h24-25,42-44,47-48H,3-23,26-41H2,1-2H3,(H,46,49)(H,50,51,52)/b25-24-. The van der Waals surface area contributed by atoms with Crippen molar-refractivity contribution in [2.24, 2.45) is 0 Å². The van der Waals surface area contributed by atoms with Gasteiger partial charge < -0.3 is 15.5 Å². The van der Waals surface area contributed by atoms with Crippen molar-refractivity contribution in [3.63, 3.8) is 0 Å². The molecular formula is C45H89NO6S. The second-order valence-electron chi connectivity index (χ2n) is 16.2. The van der Waals surface area contributed by atoms with Gasteiger partial charge >= 0.3 is 0 Å². The number of allylic oxidation sites excluding steroid dienone is 2. The zero-order chi connectivity index (χ0) is 39.1. The van der Waals surface area contributed by atoms with E-state index in [1.807, 2.05) is 0 Å². The predicted octanol–water partition coefficient (Wildman–Crippen LogP) is 12.7. The Morgan fingerprint density at radius 3 is 1.13 bits per heavy atom. The molecule has 0 aromatic carbocycles. The average molecular weight is 772 g/mol. The predicted molar refractivity (Wildman–Crippen MR) is 227 cm³/mol. The summed E-state index contributed by atoms with van der Waals surface area (Å²) in [6.07, 6.45) is 45.2. The van der Waals surface area contributed by atoms with E-state index < -0.39 is 40.0 Å². The van der Waals surface area contributed by atoms with Crippen LogP contribution >= 0.6 is 0 Å². The molecular weight excluding hydrogens is 683 g/mol. The molecule has 0 aliphatic rings. The molecule has 0 aliphatic carbocycles. The van der Waals surface area contributed by atoms with Crippen molar-refractivity contribution in [2.75, 3.05) is 5.75 Å². The molecule has 0 saturated heterocycles. The Labute approximate surface area is 329 Å². The van der Waals surface area contributed by atoms with Crippen LogP contribution in [0.25, 0.3) is 0 Å². The highest BCUT2D eigenvalue weighted by Crippen LogP contribution is 2.17. The molecule has 0 aromatic heterocycles. The van der Waals surface area contributed by atoms with E-state index in [-0.39, 0.29) is 0 Å². The van der Waals surface area contributed by atoms with E-state index in [9.17, 15) is 28.0 Å². The minimum absolute atomic E-state index is 0.293. The first kappa shape index (κ1) is 52.0. The highest BCUT2D eigenvalue weighted by molar-refractivity contribution is 7.85. The zero-order valence-electron chi connectivity index (χ0n) is 35.0. The quantitative estimate of drug-likeness (QED) is 0.0278. The smallest absolute Gasteiger partial charge is 0.266 e. The van der Waals surface area contributed by atoms with Gasteiger partial charge in [-0.2, -0.15) is 8.42 Å². The fourth-order valence-corrected chi connectivity index (χ4v) is 8.04. The van der Waals surface area contributed by atoms with Crippen molar-refractivity contribution in [3.05, 3.63) is 12.2 Å². The Balaban J connectivity index is 3.88. The first-order valence-corrected chi connectivity index (χ1v) is 24.6. The van der Waals surface area contributed by atoms with Gasteiger partial charge in [0.2, 0.25) is 5.91 Å². The molecule has 4 N–H and O–H groups in total. The van der Waals surface area contributed by atoms with Gasteiger partial charge in [-0.1, -0.05) is 219 Å². The van der Waals surface area contributed by atoms with Gasteiger partial charge in [-0.05, 0) is 38.5 Å². The van der Waals surface area contributed by atoms with E-state index in [0.29, 0.717) is 19.3 Å². The maximum atomic E-state index is 12.6. The summed E-state index contributed by atoms with van der Waals surface area (Å²) in [5.74, 6) is -1.45. The number of aliphatic hydroxyl groups is 2. The summed E-state index contributed by atoms with van der Waals surface area (Å²) in [6.45, 7) is 4.52. The zero-order valence-corrected chi connectivity index (χ0v) is 35.8. The molecule has 0 aromatic rings. The van der Waals surface area contributed by atoms with E-state index in [2.05, 4.69) is 31.3 Å². The third-order valence-corrected chi connectivity index (χ3v) is 11.6. The van der Waals surface area contributed by atoms with E-state index in [1.165, 1.54) is 161 Å². The molecule has 3 unspecified atom stereocenters. The number of carbonyl (C=O) groups excluding carboxylic acids is 1. The molecule has 0 rings (SSSR count). The number of hydrogen-bond donors (Lipinski definition) is 4. The normalized spacial score (nSPS) is 13.8. The summed E-state index contributed by atoms with van der Waals surface area (Å²) in [4.78, 5) is 12.6. The van der Waals surface area contributed by atoms with Gasteiger partial charge in [-0.15, -0.1) is 0 Å². The molecule has 0 fully saturated rings. The Hall–Kier alpha value is -0.960. The fraction of sp³-hybridized carbons (Fsp3) is 0.933. The number of carbonyl (C=O) groups is 1. The molecule has 0 bridgehead atoms. The second-order valence-corrected chi connectivity index (χ2v) is 17.7. The number of unbranched alkanes of at least 4 members (excludes halogenated alkanes) is 31. The summed E-state index contributed by atoms with van der Waals surface area (Å²) >= 11 is 0. The van der Waals surface area contributed by atoms with Crippen molar-refractivity contribution in [1.82, 2.24) is 5.32 Å². The van der Waals surface area contributed by atoms with Crippen molar-refractivity contribution >= 4 is 16.0 Å². The van der Waals surface area contributed by atoms with Crippen LogP contribution in [0.3, 0.4) is 0 Å². The van der Waals surface area contributed by atoms with Crippen LogP contribution in [0.5, 0.6) is 0 Å². The number of hydrogen-bond acceptors (Lipinski definition) is 5. The van der Waals surface area contributed by atoms with Crippen LogP contribution in [0.2, 0.25) is 0 Å². The summed E-state index contributed by atoms with van der Waals surface area (Å²) in [6, 6.07) is -1.15. The highest BCUT2D eigenvalue weighted by atomic mass is 32.2. The number of rotatable bonds is 42. The van der Waals surface area contributed by atoms with Crippen LogP contribution in [0.1, 0.15) is 245 Å². The van der Waals surface area contributed by atoms with Crippen LogP contribution in [0.15, 0.2) is 12.2 Å². The maximum absolute atomic E-state index is 12.6. The molecule has 0 aliphatic heterocycles.